The average molecular weight is 393 g/mol. The van der Waals surface area contributed by atoms with Crippen molar-refractivity contribution in [3.05, 3.63) is 52.7 Å². The van der Waals surface area contributed by atoms with E-state index in [1.807, 2.05) is 27.8 Å². The maximum atomic E-state index is 12.7. The van der Waals surface area contributed by atoms with Crippen LogP contribution in [0.1, 0.15) is 37.8 Å². The van der Waals surface area contributed by atoms with Crippen molar-refractivity contribution in [1.29, 1.82) is 0 Å². The fraction of sp³-hybridized carbons (Fsp3) is 0.522. The highest BCUT2D eigenvalue weighted by atomic mass is 16.2. The van der Waals surface area contributed by atoms with E-state index < -0.39 is 0 Å². The van der Waals surface area contributed by atoms with E-state index in [-0.39, 0.29) is 11.5 Å². The zero-order valence-corrected chi connectivity index (χ0v) is 17.0. The second-order valence-corrected chi connectivity index (χ2v) is 8.81. The van der Waals surface area contributed by atoms with Crippen LogP contribution in [0, 0.1) is 5.92 Å². The molecule has 152 valence electrons. The summed E-state index contributed by atoms with van der Waals surface area (Å²) in [6, 6.07) is 8.27. The van der Waals surface area contributed by atoms with Gasteiger partial charge in [-0.2, -0.15) is 0 Å². The zero-order valence-electron chi connectivity index (χ0n) is 17.0. The van der Waals surface area contributed by atoms with E-state index in [1.165, 1.54) is 5.69 Å². The molecule has 3 aliphatic heterocycles. The number of fused-ring (bicyclic) bond motifs is 4. The highest BCUT2D eigenvalue weighted by Gasteiger charge is 2.39. The van der Waals surface area contributed by atoms with Crippen LogP contribution in [0.25, 0.3) is 11.1 Å². The summed E-state index contributed by atoms with van der Waals surface area (Å²) in [5.74, 6) is 1.08. The SMILES string of the molecule is CC(=O)N1CCC(N2C[C@@H]3C[C@H](C2)c2c(-c4cccnc4)ccc(=O)n2C3)CC1. The first-order valence-corrected chi connectivity index (χ1v) is 10.7. The summed E-state index contributed by atoms with van der Waals surface area (Å²) in [4.78, 5) is 33.2. The van der Waals surface area contributed by atoms with Crippen molar-refractivity contribution in [3.63, 3.8) is 0 Å². The summed E-state index contributed by atoms with van der Waals surface area (Å²) in [5, 5.41) is 0. The Morgan fingerprint density at radius 3 is 2.66 bits per heavy atom. The van der Waals surface area contributed by atoms with Crippen LogP contribution >= 0.6 is 0 Å². The standard InChI is InChI=1S/C23H28N4O2/c1-16(28)25-9-6-20(7-10-25)26-13-17-11-19(15-26)23-21(18-3-2-8-24-12-18)4-5-22(29)27(23)14-17/h2-5,8,12,17,19-20H,6-7,9-11,13-15H2,1H3/t17-,19+/m0/s1. The van der Waals surface area contributed by atoms with Crippen molar-refractivity contribution >= 4 is 5.91 Å². The number of aromatic nitrogens is 2. The van der Waals surface area contributed by atoms with E-state index in [0.717, 1.165) is 63.1 Å². The van der Waals surface area contributed by atoms with Gasteiger partial charge in [0.15, 0.2) is 0 Å². The molecule has 5 heterocycles. The van der Waals surface area contributed by atoms with E-state index in [0.29, 0.717) is 17.9 Å². The fourth-order valence-electron chi connectivity index (χ4n) is 5.66. The molecule has 29 heavy (non-hydrogen) atoms. The Hall–Kier alpha value is -2.47. The number of likely N-dealkylation sites (tertiary alicyclic amines) is 2. The number of nitrogens with zero attached hydrogens (tertiary/aromatic N) is 4. The van der Waals surface area contributed by atoms with Crippen LogP contribution in [-0.4, -0.2) is 57.5 Å². The van der Waals surface area contributed by atoms with Gasteiger partial charge in [0.25, 0.3) is 5.56 Å². The minimum Gasteiger partial charge on any atom is -0.343 e. The molecule has 6 heteroatoms. The van der Waals surface area contributed by atoms with E-state index in [1.54, 1.807) is 19.2 Å². The summed E-state index contributed by atoms with van der Waals surface area (Å²) in [5.41, 5.74) is 3.54. The number of hydrogen-bond donors (Lipinski definition) is 0. The van der Waals surface area contributed by atoms with Gasteiger partial charge < -0.3 is 9.47 Å². The van der Waals surface area contributed by atoms with E-state index in [9.17, 15) is 9.59 Å². The molecule has 0 saturated carbocycles. The number of amides is 1. The van der Waals surface area contributed by atoms with Crippen molar-refractivity contribution in [1.82, 2.24) is 19.4 Å². The Morgan fingerprint density at radius 1 is 1.10 bits per heavy atom. The summed E-state index contributed by atoms with van der Waals surface area (Å²) >= 11 is 0. The summed E-state index contributed by atoms with van der Waals surface area (Å²) in [6.45, 7) is 6.26. The van der Waals surface area contributed by atoms with Crippen molar-refractivity contribution in [3.8, 4) is 11.1 Å². The Balaban J connectivity index is 1.44. The van der Waals surface area contributed by atoms with Gasteiger partial charge in [0.05, 0.1) is 0 Å². The van der Waals surface area contributed by atoms with Crippen molar-refractivity contribution in [2.45, 2.75) is 44.7 Å². The predicted octanol–water partition coefficient (Wildman–Crippen LogP) is 2.34. The molecule has 2 fully saturated rings. The van der Waals surface area contributed by atoms with E-state index in [2.05, 4.69) is 16.0 Å². The van der Waals surface area contributed by atoms with Gasteiger partial charge in [0.2, 0.25) is 5.91 Å². The molecule has 1 amide bonds. The van der Waals surface area contributed by atoms with Crippen LogP contribution in [-0.2, 0) is 11.3 Å². The second-order valence-electron chi connectivity index (χ2n) is 8.81. The third-order valence-electron chi connectivity index (χ3n) is 7.02. The second kappa shape index (κ2) is 7.41. The molecular formula is C23H28N4O2. The Bertz CT molecular complexity index is 963. The number of piperidine rings is 2. The predicted molar refractivity (Wildman–Crippen MR) is 112 cm³/mol. The molecular weight excluding hydrogens is 364 g/mol. The van der Waals surface area contributed by atoms with Gasteiger partial charge >= 0.3 is 0 Å². The molecule has 0 radical (unpaired) electrons. The lowest BCUT2D eigenvalue weighted by molar-refractivity contribution is -0.130. The molecule has 2 bridgehead atoms. The number of carbonyl (C=O) groups is 1. The normalized spacial score (nSPS) is 24.9. The van der Waals surface area contributed by atoms with Crippen molar-refractivity contribution < 1.29 is 4.79 Å². The Labute approximate surface area is 171 Å². The van der Waals surface area contributed by atoms with E-state index >= 15 is 0 Å². The van der Waals surface area contributed by atoms with Crippen molar-refractivity contribution in [2.24, 2.45) is 5.92 Å². The number of rotatable bonds is 2. The van der Waals surface area contributed by atoms with Crippen LogP contribution in [0.2, 0.25) is 0 Å². The van der Waals surface area contributed by atoms with Crippen LogP contribution in [0.5, 0.6) is 0 Å². The van der Waals surface area contributed by atoms with Crippen LogP contribution in [0.4, 0.5) is 0 Å². The third-order valence-corrected chi connectivity index (χ3v) is 7.02. The van der Waals surface area contributed by atoms with Gasteiger partial charge in [-0.15, -0.1) is 0 Å². The maximum absolute atomic E-state index is 12.7. The number of hydrogen-bond acceptors (Lipinski definition) is 4. The third kappa shape index (κ3) is 3.39. The highest BCUT2D eigenvalue weighted by molar-refractivity contribution is 5.73. The molecule has 0 unspecified atom stereocenters. The first kappa shape index (κ1) is 18.6. The quantitative estimate of drug-likeness (QED) is 0.787. The first-order valence-electron chi connectivity index (χ1n) is 10.7. The van der Waals surface area contributed by atoms with Gasteiger partial charge in [-0.3, -0.25) is 19.5 Å². The number of carbonyl (C=O) groups excluding carboxylic acids is 1. The lowest BCUT2D eigenvalue weighted by Crippen LogP contribution is -2.53. The monoisotopic (exact) mass is 392 g/mol. The largest absolute Gasteiger partial charge is 0.343 e. The molecule has 0 spiro atoms. The van der Waals surface area contributed by atoms with Gasteiger partial charge in [-0.25, -0.2) is 0 Å². The van der Waals surface area contributed by atoms with Crippen LogP contribution in [0.15, 0.2) is 41.5 Å². The Kier molecular flexibility index (Phi) is 4.74. The smallest absolute Gasteiger partial charge is 0.250 e. The fourth-order valence-corrected chi connectivity index (χ4v) is 5.66. The molecule has 6 nitrogen and oxygen atoms in total. The van der Waals surface area contributed by atoms with Crippen molar-refractivity contribution in [2.75, 3.05) is 26.2 Å². The molecule has 0 N–H and O–H groups in total. The average Bonchev–Trinajstić information content (AvgIpc) is 2.75. The van der Waals surface area contributed by atoms with Gasteiger partial charge in [-0.1, -0.05) is 6.07 Å². The maximum Gasteiger partial charge on any atom is 0.250 e. The minimum absolute atomic E-state index is 0.116. The van der Waals surface area contributed by atoms with E-state index in [4.69, 9.17) is 0 Å². The molecule has 3 aliphatic rings. The molecule has 2 aromatic rings. The Morgan fingerprint density at radius 2 is 1.93 bits per heavy atom. The van der Waals surface area contributed by atoms with Gasteiger partial charge in [-0.05, 0) is 37.3 Å². The summed E-state index contributed by atoms with van der Waals surface area (Å²) in [7, 11) is 0. The van der Waals surface area contributed by atoms with Crippen LogP contribution in [0.3, 0.4) is 0 Å². The van der Waals surface area contributed by atoms with Crippen LogP contribution < -0.4 is 5.56 Å². The van der Waals surface area contributed by atoms with Gasteiger partial charge in [0, 0.05) is 86.9 Å². The first-order chi connectivity index (χ1) is 14.1. The summed E-state index contributed by atoms with van der Waals surface area (Å²) < 4.78 is 2.02. The minimum atomic E-state index is 0.116. The zero-order chi connectivity index (χ0) is 20.0. The lowest BCUT2D eigenvalue weighted by Gasteiger charge is -2.48. The topological polar surface area (TPSA) is 58.4 Å². The lowest BCUT2D eigenvalue weighted by atomic mass is 9.79. The number of pyridine rings is 2. The highest BCUT2D eigenvalue weighted by Crippen LogP contribution is 2.40. The molecule has 0 aromatic carbocycles. The molecule has 2 saturated heterocycles. The molecule has 0 aliphatic carbocycles. The summed E-state index contributed by atoms with van der Waals surface area (Å²) in [6.07, 6.45) is 6.94. The van der Waals surface area contributed by atoms with Gasteiger partial charge in [0.1, 0.15) is 0 Å². The molecule has 2 atom stereocenters. The molecule has 2 aromatic heterocycles. The molecule has 5 rings (SSSR count).